The minimum atomic E-state index is -0.100. The Morgan fingerprint density at radius 3 is 2.91 bits per heavy atom. The zero-order valence-electron chi connectivity index (χ0n) is 13.7. The van der Waals surface area contributed by atoms with Crippen molar-refractivity contribution in [1.82, 2.24) is 4.90 Å². The van der Waals surface area contributed by atoms with Gasteiger partial charge in [-0.1, -0.05) is 19.0 Å². The van der Waals surface area contributed by atoms with E-state index in [1.165, 1.54) is 0 Å². The standard InChI is InChI=1S/C17H22N2O4/c1-11(2)6-17(20)19(3)9-13-8-14(18-23-13)12-4-5-15-16(7-12)22-10-21-15/h4-5,7,11,13H,6,8-10H2,1-3H3/t13-/m0/s1. The summed E-state index contributed by atoms with van der Waals surface area (Å²) in [6.45, 7) is 4.88. The van der Waals surface area contributed by atoms with Crippen LogP contribution in [0.4, 0.5) is 0 Å². The zero-order chi connectivity index (χ0) is 16.4. The van der Waals surface area contributed by atoms with E-state index in [9.17, 15) is 4.79 Å². The van der Waals surface area contributed by atoms with Gasteiger partial charge in [-0.15, -0.1) is 0 Å². The zero-order valence-corrected chi connectivity index (χ0v) is 13.7. The van der Waals surface area contributed by atoms with Crippen molar-refractivity contribution in [1.29, 1.82) is 0 Å². The number of carbonyl (C=O) groups is 1. The van der Waals surface area contributed by atoms with E-state index in [-0.39, 0.29) is 18.8 Å². The molecule has 1 aromatic rings. The molecule has 0 aliphatic carbocycles. The molecule has 1 atom stereocenters. The van der Waals surface area contributed by atoms with Gasteiger partial charge in [0.2, 0.25) is 12.7 Å². The van der Waals surface area contributed by atoms with Gasteiger partial charge in [0.25, 0.3) is 0 Å². The second-order valence-corrected chi connectivity index (χ2v) is 6.41. The maximum Gasteiger partial charge on any atom is 0.231 e. The molecule has 6 heteroatoms. The third-order valence-corrected chi connectivity index (χ3v) is 3.92. The third-order valence-electron chi connectivity index (χ3n) is 3.92. The summed E-state index contributed by atoms with van der Waals surface area (Å²) in [6.07, 6.45) is 1.13. The summed E-state index contributed by atoms with van der Waals surface area (Å²) in [5, 5.41) is 4.17. The van der Waals surface area contributed by atoms with Crippen LogP contribution >= 0.6 is 0 Å². The van der Waals surface area contributed by atoms with E-state index < -0.39 is 0 Å². The van der Waals surface area contributed by atoms with Crippen LogP contribution in [0.15, 0.2) is 23.4 Å². The van der Waals surface area contributed by atoms with Gasteiger partial charge in [0, 0.05) is 25.5 Å². The Kier molecular flexibility index (Phi) is 4.41. The van der Waals surface area contributed by atoms with E-state index in [0.717, 1.165) is 22.8 Å². The number of oxime groups is 1. The first-order valence-corrected chi connectivity index (χ1v) is 7.89. The van der Waals surface area contributed by atoms with Gasteiger partial charge in [-0.2, -0.15) is 0 Å². The van der Waals surface area contributed by atoms with Gasteiger partial charge in [-0.05, 0) is 24.1 Å². The molecule has 0 spiro atoms. The highest BCUT2D eigenvalue weighted by molar-refractivity contribution is 6.01. The summed E-state index contributed by atoms with van der Waals surface area (Å²) < 4.78 is 10.7. The van der Waals surface area contributed by atoms with Crippen LogP contribution in [0.3, 0.4) is 0 Å². The molecule has 6 nitrogen and oxygen atoms in total. The highest BCUT2D eigenvalue weighted by Crippen LogP contribution is 2.33. The number of likely N-dealkylation sites (N-methyl/N-ethyl adjacent to an activating group) is 1. The van der Waals surface area contributed by atoms with Gasteiger partial charge in [0.05, 0.1) is 12.3 Å². The first-order valence-electron chi connectivity index (χ1n) is 7.89. The predicted molar refractivity (Wildman–Crippen MR) is 85.7 cm³/mol. The molecule has 0 N–H and O–H groups in total. The Morgan fingerprint density at radius 2 is 2.13 bits per heavy atom. The first-order chi connectivity index (χ1) is 11.0. The molecule has 23 heavy (non-hydrogen) atoms. The molecule has 0 saturated heterocycles. The Labute approximate surface area is 136 Å². The Bertz CT molecular complexity index is 627. The maximum atomic E-state index is 12.0. The number of carbonyl (C=O) groups excluding carboxylic acids is 1. The second-order valence-electron chi connectivity index (χ2n) is 6.41. The average molecular weight is 318 g/mol. The van der Waals surface area contributed by atoms with Crippen molar-refractivity contribution in [2.24, 2.45) is 11.1 Å². The maximum absolute atomic E-state index is 12.0. The Balaban J connectivity index is 1.57. The van der Waals surface area contributed by atoms with Crippen LogP contribution in [0.2, 0.25) is 0 Å². The van der Waals surface area contributed by atoms with E-state index in [4.69, 9.17) is 14.3 Å². The number of fused-ring (bicyclic) bond motifs is 1. The van der Waals surface area contributed by atoms with Crippen LogP contribution in [0.1, 0.15) is 32.3 Å². The molecule has 2 aliphatic rings. The molecule has 0 bridgehead atoms. The molecule has 1 amide bonds. The molecule has 2 heterocycles. The van der Waals surface area contributed by atoms with Crippen LogP contribution in [0.5, 0.6) is 11.5 Å². The summed E-state index contributed by atoms with van der Waals surface area (Å²) in [6, 6.07) is 5.75. The minimum Gasteiger partial charge on any atom is -0.454 e. The summed E-state index contributed by atoms with van der Waals surface area (Å²) in [5.41, 5.74) is 1.84. The minimum absolute atomic E-state index is 0.100. The van der Waals surface area contributed by atoms with E-state index in [1.54, 1.807) is 4.90 Å². The predicted octanol–water partition coefficient (Wildman–Crippen LogP) is 2.41. The molecule has 0 saturated carbocycles. The molecular weight excluding hydrogens is 296 g/mol. The number of hydrogen-bond acceptors (Lipinski definition) is 5. The van der Waals surface area contributed by atoms with Crippen LogP contribution < -0.4 is 9.47 Å². The van der Waals surface area contributed by atoms with Crippen molar-refractivity contribution in [2.45, 2.75) is 32.8 Å². The molecular formula is C17H22N2O4. The Hall–Kier alpha value is -2.24. The summed E-state index contributed by atoms with van der Waals surface area (Å²) in [5.74, 6) is 1.98. The lowest BCUT2D eigenvalue weighted by atomic mass is 10.0. The van der Waals surface area contributed by atoms with E-state index in [2.05, 4.69) is 5.16 Å². The van der Waals surface area contributed by atoms with Gasteiger partial charge >= 0.3 is 0 Å². The van der Waals surface area contributed by atoms with Crippen molar-refractivity contribution in [3.05, 3.63) is 23.8 Å². The Morgan fingerprint density at radius 1 is 1.35 bits per heavy atom. The lowest BCUT2D eigenvalue weighted by molar-refractivity contribution is -0.132. The van der Waals surface area contributed by atoms with E-state index in [0.29, 0.717) is 25.3 Å². The summed E-state index contributed by atoms with van der Waals surface area (Å²) in [4.78, 5) is 19.2. The fourth-order valence-electron chi connectivity index (χ4n) is 2.69. The molecule has 3 rings (SSSR count). The van der Waals surface area contributed by atoms with E-state index in [1.807, 2.05) is 39.1 Å². The fourth-order valence-corrected chi connectivity index (χ4v) is 2.69. The van der Waals surface area contributed by atoms with Gasteiger partial charge in [-0.3, -0.25) is 4.79 Å². The van der Waals surface area contributed by atoms with Crippen molar-refractivity contribution in [3.8, 4) is 11.5 Å². The molecule has 124 valence electrons. The van der Waals surface area contributed by atoms with Crippen LogP contribution in [-0.2, 0) is 9.63 Å². The van der Waals surface area contributed by atoms with Crippen LogP contribution in [0, 0.1) is 5.92 Å². The van der Waals surface area contributed by atoms with Crippen molar-refractivity contribution in [2.75, 3.05) is 20.4 Å². The summed E-state index contributed by atoms with van der Waals surface area (Å²) >= 11 is 0. The number of ether oxygens (including phenoxy) is 2. The molecule has 0 radical (unpaired) electrons. The van der Waals surface area contributed by atoms with Crippen molar-refractivity contribution in [3.63, 3.8) is 0 Å². The number of benzene rings is 1. The van der Waals surface area contributed by atoms with Crippen LogP contribution in [-0.4, -0.2) is 43.0 Å². The van der Waals surface area contributed by atoms with Gasteiger partial charge in [0.15, 0.2) is 17.6 Å². The molecule has 0 fully saturated rings. The SMILES string of the molecule is CC(C)CC(=O)N(C)C[C@@H]1CC(c2ccc3c(c2)OCO3)=NO1. The number of hydrogen-bond donors (Lipinski definition) is 0. The van der Waals surface area contributed by atoms with Gasteiger partial charge in [0.1, 0.15) is 0 Å². The molecule has 1 aromatic carbocycles. The lowest BCUT2D eigenvalue weighted by Gasteiger charge is -2.20. The average Bonchev–Trinajstić information content (AvgIpc) is 3.14. The molecule has 2 aliphatic heterocycles. The number of nitrogens with zero attached hydrogens (tertiary/aromatic N) is 2. The van der Waals surface area contributed by atoms with Gasteiger partial charge in [-0.25, -0.2) is 0 Å². The normalized spacial score (nSPS) is 18.8. The largest absolute Gasteiger partial charge is 0.454 e. The number of rotatable bonds is 5. The number of amides is 1. The molecule has 0 unspecified atom stereocenters. The smallest absolute Gasteiger partial charge is 0.231 e. The molecule has 0 aromatic heterocycles. The van der Waals surface area contributed by atoms with Crippen molar-refractivity contribution < 1.29 is 19.1 Å². The quantitative estimate of drug-likeness (QED) is 0.836. The van der Waals surface area contributed by atoms with Gasteiger partial charge < -0.3 is 19.2 Å². The fraction of sp³-hybridized carbons (Fsp3) is 0.529. The van der Waals surface area contributed by atoms with Crippen molar-refractivity contribution >= 4 is 11.6 Å². The lowest BCUT2D eigenvalue weighted by Crippen LogP contribution is -2.35. The topological polar surface area (TPSA) is 60.4 Å². The second kappa shape index (κ2) is 6.48. The van der Waals surface area contributed by atoms with E-state index >= 15 is 0 Å². The highest BCUT2D eigenvalue weighted by atomic mass is 16.7. The first kappa shape index (κ1) is 15.6. The third kappa shape index (κ3) is 3.57. The monoisotopic (exact) mass is 318 g/mol. The highest BCUT2D eigenvalue weighted by Gasteiger charge is 2.26. The summed E-state index contributed by atoms with van der Waals surface area (Å²) in [7, 11) is 1.81. The van der Waals surface area contributed by atoms with Crippen LogP contribution in [0.25, 0.3) is 0 Å².